The Morgan fingerprint density at radius 1 is 1.30 bits per heavy atom. The van der Waals surface area contributed by atoms with Gasteiger partial charge in [-0.2, -0.15) is 11.3 Å². The highest BCUT2D eigenvalue weighted by atomic mass is 127. The molecule has 2 unspecified atom stereocenters. The van der Waals surface area contributed by atoms with Crippen LogP contribution >= 0.6 is 35.3 Å². The fourth-order valence-corrected chi connectivity index (χ4v) is 3.19. The molecule has 7 heteroatoms. The molecule has 2 aromatic rings. The molecule has 1 aromatic carbocycles. The number of halogens is 1. The van der Waals surface area contributed by atoms with E-state index >= 15 is 0 Å². The van der Waals surface area contributed by atoms with Crippen LogP contribution in [0.2, 0.25) is 0 Å². The third-order valence-electron chi connectivity index (χ3n) is 3.92. The molecule has 0 aliphatic rings. The lowest BCUT2D eigenvalue weighted by Gasteiger charge is -2.16. The fourth-order valence-electron chi connectivity index (χ4n) is 2.41. The zero-order valence-corrected chi connectivity index (χ0v) is 19.3. The number of aliphatic hydroxyl groups is 1. The van der Waals surface area contributed by atoms with E-state index in [0.717, 1.165) is 24.4 Å². The zero-order chi connectivity index (χ0) is 18.8. The van der Waals surface area contributed by atoms with Gasteiger partial charge < -0.3 is 20.5 Å². The third kappa shape index (κ3) is 8.94. The van der Waals surface area contributed by atoms with Crippen LogP contribution in [0, 0.1) is 6.92 Å². The number of benzene rings is 1. The van der Waals surface area contributed by atoms with E-state index in [9.17, 15) is 5.11 Å². The van der Waals surface area contributed by atoms with Gasteiger partial charge in [-0.25, -0.2) is 0 Å². The number of ether oxygens (including phenoxy) is 1. The number of guanidine groups is 1. The summed E-state index contributed by atoms with van der Waals surface area (Å²) in [4.78, 5) is 4.46. The molecule has 0 bridgehead atoms. The number of nitrogens with one attached hydrogen (secondary N) is 2. The van der Waals surface area contributed by atoms with Crippen molar-refractivity contribution >= 4 is 41.3 Å². The van der Waals surface area contributed by atoms with Crippen LogP contribution in [0.15, 0.2) is 46.1 Å². The van der Waals surface area contributed by atoms with Gasteiger partial charge >= 0.3 is 0 Å². The molecule has 0 fully saturated rings. The first-order valence-corrected chi connectivity index (χ1v) is 9.94. The fraction of sp³-hybridized carbons (Fsp3) is 0.450. The van der Waals surface area contributed by atoms with Gasteiger partial charge in [-0.15, -0.1) is 24.0 Å². The van der Waals surface area contributed by atoms with E-state index in [4.69, 9.17) is 4.74 Å². The highest BCUT2D eigenvalue weighted by Gasteiger charge is 2.09. The normalized spacial score (nSPS) is 13.4. The van der Waals surface area contributed by atoms with Gasteiger partial charge in [-0.3, -0.25) is 4.99 Å². The van der Waals surface area contributed by atoms with Crippen molar-refractivity contribution in [2.45, 2.75) is 32.8 Å². The van der Waals surface area contributed by atoms with Crippen molar-refractivity contribution in [1.29, 1.82) is 0 Å². The number of thiophene rings is 1. The number of hydrogen-bond donors (Lipinski definition) is 3. The second-order valence-corrected chi connectivity index (χ2v) is 7.12. The molecule has 2 rings (SSSR count). The first-order valence-electron chi connectivity index (χ1n) is 9.00. The van der Waals surface area contributed by atoms with Gasteiger partial charge in [0.1, 0.15) is 18.5 Å². The largest absolute Gasteiger partial charge is 0.491 e. The minimum Gasteiger partial charge on any atom is -0.491 e. The van der Waals surface area contributed by atoms with E-state index in [0.29, 0.717) is 11.9 Å². The van der Waals surface area contributed by atoms with Gasteiger partial charge in [0.2, 0.25) is 0 Å². The molecule has 5 nitrogen and oxygen atoms in total. The summed E-state index contributed by atoms with van der Waals surface area (Å²) in [7, 11) is 0. The Balaban J connectivity index is 0.00000364. The first kappa shape index (κ1) is 23.7. The molecule has 0 saturated carbocycles. The van der Waals surface area contributed by atoms with Gasteiger partial charge in [-0.05, 0) is 59.9 Å². The lowest BCUT2D eigenvalue weighted by atomic mass is 10.1. The molecular formula is C20H30IN3O2S. The average Bonchev–Trinajstić information content (AvgIpc) is 3.17. The molecule has 0 aliphatic heterocycles. The Bertz CT molecular complexity index is 680. The van der Waals surface area contributed by atoms with E-state index in [1.54, 1.807) is 11.3 Å². The first-order chi connectivity index (χ1) is 12.6. The Kier molecular flexibility index (Phi) is 11.4. The Morgan fingerprint density at radius 2 is 2.11 bits per heavy atom. The smallest absolute Gasteiger partial charge is 0.191 e. The van der Waals surface area contributed by atoms with Crippen LogP contribution in [0.5, 0.6) is 5.75 Å². The highest BCUT2D eigenvalue weighted by Crippen LogP contribution is 2.17. The maximum Gasteiger partial charge on any atom is 0.191 e. The predicted octanol–water partition coefficient (Wildman–Crippen LogP) is 3.77. The van der Waals surface area contributed by atoms with E-state index < -0.39 is 6.10 Å². The van der Waals surface area contributed by atoms with E-state index in [2.05, 4.69) is 39.4 Å². The van der Waals surface area contributed by atoms with Gasteiger partial charge in [-0.1, -0.05) is 19.1 Å². The van der Waals surface area contributed by atoms with Crippen molar-refractivity contribution in [1.82, 2.24) is 10.6 Å². The van der Waals surface area contributed by atoms with E-state index in [1.165, 1.54) is 5.56 Å². The van der Waals surface area contributed by atoms with Gasteiger partial charge in [0.05, 0.1) is 6.54 Å². The van der Waals surface area contributed by atoms with E-state index in [1.807, 2.05) is 38.1 Å². The molecule has 1 aromatic heterocycles. The van der Waals surface area contributed by atoms with Crippen molar-refractivity contribution < 1.29 is 9.84 Å². The average molecular weight is 503 g/mol. The summed E-state index contributed by atoms with van der Waals surface area (Å²) < 4.78 is 5.63. The predicted molar refractivity (Wildman–Crippen MR) is 125 cm³/mol. The number of aliphatic hydroxyl groups excluding tert-OH is 1. The maximum atomic E-state index is 10.1. The molecule has 0 spiro atoms. The number of nitrogens with zero attached hydrogens (tertiary/aromatic N) is 1. The summed E-state index contributed by atoms with van der Waals surface area (Å²) in [5.74, 6) is 1.88. The summed E-state index contributed by atoms with van der Waals surface area (Å²) in [6.07, 6.45) is -0.653. The topological polar surface area (TPSA) is 65.9 Å². The summed E-state index contributed by atoms with van der Waals surface area (Å²) in [5.41, 5.74) is 2.46. The van der Waals surface area contributed by atoms with Gasteiger partial charge in [0, 0.05) is 13.1 Å². The van der Waals surface area contributed by atoms with Crippen molar-refractivity contribution in [3.63, 3.8) is 0 Å². The van der Waals surface area contributed by atoms with Crippen LogP contribution in [0.1, 0.15) is 30.9 Å². The second-order valence-electron chi connectivity index (χ2n) is 6.34. The van der Waals surface area contributed by atoms with E-state index in [-0.39, 0.29) is 37.1 Å². The Hall–Kier alpha value is -1.32. The number of aliphatic imine (C=N–C) groups is 1. The van der Waals surface area contributed by atoms with Crippen LogP contribution in [0.3, 0.4) is 0 Å². The van der Waals surface area contributed by atoms with Crippen LogP contribution in [0.25, 0.3) is 0 Å². The molecule has 150 valence electrons. The quantitative estimate of drug-likeness (QED) is 0.277. The Labute approximate surface area is 183 Å². The standard InChI is InChI=1S/C20H29N3O2S.HI/c1-4-21-20(22-11-16(3)17-8-9-26-14-17)23-12-18(24)13-25-19-7-5-6-15(2)10-19;/h5-10,14,16,18,24H,4,11-13H2,1-3H3,(H2,21,22,23);1H. The summed E-state index contributed by atoms with van der Waals surface area (Å²) >= 11 is 1.71. The second kappa shape index (κ2) is 13.0. The number of hydrogen-bond acceptors (Lipinski definition) is 4. The Morgan fingerprint density at radius 3 is 2.78 bits per heavy atom. The maximum absolute atomic E-state index is 10.1. The zero-order valence-electron chi connectivity index (χ0n) is 16.1. The van der Waals surface area contributed by atoms with Crippen LogP contribution in [-0.4, -0.2) is 43.4 Å². The monoisotopic (exact) mass is 503 g/mol. The van der Waals surface area contributed by atoms with Crippen molar-refractivity contribution in [2.24, 2.45) is 4.99 Å². The van der Waals surface area contributed by atoms with Crippen LogP contribution in [-0.2, 0) is 0 Å². The van der Waals surface area contributed by atoms with Crippen LogP contribution in [0.4, 0.5) is 0 Å². The summed E-state index contributed by atoms with van der Waals surface area (Å²) in [6.45, 7) is 8.29. The molecule has 0 radical (unpaired) electrons. The molecule has 27 heavy (non-hydrogen) atoms. The lowest BCUT2D eigenvalue weighted by molar-refractivity contribution is 0.114. The van der Waals surface area contributed by atoms with Crippen molar-refractivity contribution in [2.75, 3.05) is 26.2 Å². The molecular weight excluding hydrogens is 473 g/mol. The molecule has 1 heterocycles. The molecule has 0 aliphatic carbocycles. The molecule has 3 N–H and O–H groups in total. The molecule has 0 amide bonds. The lowest BCUT2D eigenvalue weighted by Crippen LogP contribution is -2.39. The molecule has 0 saturated heterocycles. The number of aryl methyl sites for hydroxylation is 1. The summed E-state index contributed by atoms with van der Waals surface area (Å²) in [6, 6.07) is 9.94. The van der Waals surface area contributed by atoms with Crippen LogP contribution < -0.4 is 15.4 Å². The minimum atomic E-state index is -0.653. The van der Waals surface area contributed by atoms with Gasteiger partial charge in [0.15, 0.2) is 5.96 Å². The van der Waals surface area contributed by atoms with Crippen molar-refractivity contribution in [3.8, 4) is 5.75 Å². The SMILES string of the molecule is CCNC(=NCC(O)COc1cccc(C)c1)NCC(C)c1ccsc1.I. The third-order valence-corrected chi connectivity index (χ3v) is 4.63. The number of rotatable bonds is 9. The van der Waals surface area contributed by atoms with Crippen molar-refractivity contribution in [3.05, 3.63) is 52.2 Å². The highest BCUT2D eigenvalue weighted by molar-refractivity contribution is 14.0. The summed E-state index contributed by atoms with van der Waals surface area (Å²) in [5, 5.41) is 20.9. The molecule has 2 atom stereocenters. The van der Waals surface area contributed by atoms with Gasteiger partial charge in [0.25, 0.3) is 0 Å². The minimum absolute atomic E-state index is 0.